The second-order valence-corrected chi connectivity index (χ2v) is 7.15. The Morgan fingerprint density at radius 2 is 1.79 bits per heavy atom. The Balaban J connectivity index is 1.89. The zero-order chi connectivity index (χ0) is 17.2. The monoisotopic (exact) mass is 343 g/mol. The van der Waals surface area contributed by atoms with Crippen LogP contribution in [0.4, 0.5) is 0 Å². The number of nitrogens with one attached hydrogen (secondary N) is 1. The molecule has 24 heavy (non-hydrogen) atoms. The van der Waals surface area contributed by atoms with Crippen molar-refractivity contribution in [2.24, 2.45) is 0 Å². The van der Waals surface area contributed by atoms with Crippen molar-refractivity contribution >= 4 is 10.0 Å². The largest absolute Gasteiger partial charge is 0.421 e. The first-order chi connectivity index (χ1) is 11.5. The molecule has 3 rings (SSSR count). The minimum Gasteiger partial charge on any atom is -0.421 e. The number of nitrogens with zero attached hydrogens (tertiary/aromatic N) is 2. The highest BCUT2D eigenvalue weighted by molar-refractivity contribution is 7.89. The van der Waals surface area contributed by atoms with Crippen LogP contribution in [-0.2, 0) is 16.6 Å². The lowest BCUT2D eigenvalue weighted by atomic mass is 10.1. The van der Waals surface area contributed by atoms with Gasteiger partial charge in [0, 0.05) is 19.0 Å². The minimum atomic E-state index is -3.65. The number of hydrogen-bond donors (Lipinski definition) is 1. The number of benzene rings is 2. The van der Waals surface area contributed by atoms with Gasteiger partial charge in [0.05, 0.1) is 4.90 Å². The summed E-state index contributed by atoms with van der Waals surface area (Å²) in [6.07, 6.45) is 0. The second-order valence-electron chi connectivity index (χ2n) is 5.42. The molecular formula is C17H17N3O3S. The van der Waals surface area contributed by atoms with Crippen molar-refractivity contribution in [2.45, 2.75) is 25.3 Å². The SMILES string of the molecule is Cc1nnc(-c2ccc(C)c(S(=O)(=O)NCc3ccccc3)c2)o1. The van der Waals surface area contributed by atoms with Crippen LogP contribution in [0.5, 0.6) is 0 Å². The molecule has 0 aliphatic carbocycles. The Labute approximate surface area is 140 Å². The molecule has 0 radical (unpaired) electrons. The molecule has 0 amide bonds. The smallest absolute Gasteiger partial charge is 0.247 e. The van der Waals surface area contributed by atoms with Crippen molar-refractivity contribution in [3.8, 4) is 11.5 Å². The Morgan fingerprint density at radius 3 is 2.46 bits per heavy atom. The van der Waals surface area contributed by atoms with Gasteiger partial charge in [0.2, 0.25) is 21.8 Å². The molecule has 0 aliphatic heterocycles. The molecule has 7 heteroatoms. The molecule has 0 saturated heterocycles. The summed E-state index contributed by atoms with van der Waals surface area (Å²) < 4.78 is 33.3. The molecule has 0 atom stereocenters. The standard InChI is InChI=1S/C17H17N3O3S/c1-12-8-9-15(17-20-19-13(2)23-17)10-16(12)24(21,22)18-11-14-6-4-3-5-7-14/h3-10,18H,11H2,1-2H3. The summed E-state index contributed by atoms with van der Waals surface area (Å²) in [4.78, 5) is 0.201. The summed E-state index contributed by atoms with van der Waals surface area (Å²) in [7, 11) is -3.65. The van der Waals surface area contributed by atoms with Crippen LogP contribution in [0.3, 0.4) is 0 Å². The third-order valence-corrected chi connectivity index (χ3v) is 5.10. The van der Waals surface area contributed by atoms with Gasteiger partial charge in [0.15, 0.2) is 0 Å². The van der Waals surface area contributed by atoms with E-state index >= 15 is 0 Å². The number of rotatable bonds is 5. The van der Waals surface area contributed by atoms with E-state index in [9.17, 15) is 8.42 Å². The number of aromatic nitrogens is 2. The molecule has 0 fully saturated rings. The van der Waals surface area contributed by atoms with Crippen LogP contribution in [0.1, 0.15) is 17.0 Å². The van der Waals surface area contributed by atoms with Gasteiger partial charge in [-0.3, -0.25) is 0 Å². The van der Waals surface area contributed by atoms with Crippen molar-refractivity contribution in [3.05, 3.63) is 65.5 Å². The molecule has 1 N–H and O–H groups in total. The fourth-order valence-corrected chi connectivity index (χ4v) is 3.57. The maximum atomic E-state index is 12.6. The van der Waals surface area contributed by atoms with Gasteiger partial charge < -0.3 is 4.42 Å². The predicted octanol–water partition coefficient (Wildman–Crippen LogP) is 2.83. The van der Waals surface area contributed by atoms with Crippen molar-refractivity contribution in [2.75, 3.05) is 0 Å². The third kappa shape index (κ3) is 3.52. The molecule has 6 nitrogen and oxygen atoms in total. The molecule has 0 aliphatic rings. The topological polar surface area (TPSA) is 85.1 Å². The minimum absolute atomic E-state index is 0.201. The van der Waals surface area contributed by atoms with Crippen LogP contribution >= 0.6 is 0 Å². The first-order valence-corrected chi connectivity index (χ1v) is 8.89. The lowest BCUT2D eigenvalue weighted by Gasteiger charge is -2.10. The highest BCUT2D eigenvalue weighted by Crippen LogP contribution is 2.24. The van der Waals surface area contributed by atoms with Crippen LogP contribution in [-0.4, -0.2) is 18.6 Å². The Hall–Kier alpha value is -2.51. The van der Waals surface area contributed by atoms with E-state index in [0.717, 1.165) is 5.56 Å². The number of hydrogen-bond acceptors (Lipinski definition) is 5. The molecule has 0 unspecified atom stereocenters. The summed E-state index contributed by atoms with van der Waals surface area (Å²) >= 11 is 0. The first kappa shape index (κ1) is 16.4. The van der Waals surface area contributed by atoms with Gasteiger partial charge >= 0.3 is 0 Å². The van der Waals surface area contributed by atoms with Gasteiger partial charge in [-0.15, -0.1) is 10.2 Å². The highest BCUT2D eigenvalue weighted by atomic mass is 32.2. The summed E-state index contributed by atoms with van der Waals surface area (Å²) in [6.45, 7) is 3.66. The lowest BCUT2D eigenvalue weighted by molar-refractivity contribution is 0.532. The van der Waals surface area contributed by atoms with Crippen LogP contribution in [0, 0.1) is 13.8 Å². The average Bonchev–Trinajstić information content (AvgIpc) is 3.01. The molecular weight excluding hydrogens is 326 g/mol. The van der Waals surface area contributed by atoms with Gasteiger partial charge in [-0.05, 0) is 30.2 Å². The van der Waals surface area contributed by atoms with Crippen molar-refractivity contribution in [1.29, 1.82) is 0 Å². The summed E-state index contributed by atoms with van der Waals surface area (Å²) in [5.41, 5.74) is 2.11. The Morgan fingerprint density at radius 1 is 1.04 bits per heavy atom. The van der Waals surface area contributed by atoms with E-state index in [1.807, 2.05) is 30.3 Å². The summed E-state index contributed by atoms with van der Waals surface area (Å²) in [6, 6.07) is 14.4. The molecule has 1 aromatic heterocycles. The fourth-order valence-electron chi connectivity index (χ4n) is 2.29. The molecule has 2 aromatic carbocycles. The quantitative estimate of drug-likeness (QED) is 0.770. The van der Waals surface area contributed by atoms with E-state index in [-0.39, 0.29) is 11.4 Å². The lowest BCUT2D eigenvalue weighted by Crippen LogP contribution is -2.24. The van der Waals surface area contributed by atoms with Gasteiger partial charge in [-0.1, -0.05) is 36.4 Å². The predicted molar refractivity (Wildman–Crippen MR) is 89.7 cm³/mol. The van der Waals surface area contributed by atoms with Gasteiger partial charge in [0.25, 0.3) is 0 Å². The number of sulfonamides is 1. The molecule has 3 aromatic rings. The summed E-state index contributed by atoms with van der Waals surface area (Å²) in [5, 5.41) is 7.70. The normalized spacial score (nSPS) is 11.6. The third-order valence-electron chi connectivity index (χ3n) is 3.56. The summed E-state index contributed by atoms with van der Waals surface area (Å²) in [5.74, 6) is 0.726. The fraction of sp³-hybridized carbons (Fsp3) is 0.176. The van der Waals surface area contributed by atoms with Crippen LogP contribution < -0.4 is 4.72 Å². The van der Waals surface area contributed by atoms with Gasteiger partial charge in [0.1, 0.15) is 0 Å². The van der Waals surface area contributed by atoms with E-state index in [4.69, 9.17) is 4.42 Å². The van der Waals surface area contributed by atoms with E-state index in [2.05, 4.69) is 14.9 Å². The maximum absolute atomic E-state index is 12.6. The zero-order valence-corrected chi connectivity index (χ0v) is 14.2. The Bertz CT molecular complexity index is 950. The van der Waals surface area contributed by atoms with Crippen LogP contribution in [0.15, 0.2) is 57.8 Å². The number of aryl methyl sites for hydroxylation is 2. The average molecular weight is 343 g/mol. The van der Waals surface area contributed by atoms with Crippen molar-refractivity contribution < 1.29 is 12.8 Å². The molecule has 0 spiro atoms. The Kier molecular flexibility index (Phi) is 4.46. The molecule has 0 bridgehead atoms. The first-order valence-electron chi connectivity index (χ1n) is 7.40. The van der Waals surface area contributed by atoms with Crippen molar-refractivity contribution in [1.82, 2.24) is 14.9 Å². The maximum Gasteiger partial charge on any atom is 0.247 e. The highest BCUT2D eigenvalue weighted by Gasteiger charge is 2.19. The van der Waals surface area contributed by atoms with Crippen LogP contribution in [0.2, 0.25) is 0 Å². The molecule has 124 valence electrons. The van der Waals surface area contributed by atoms with Gasteiger partial charge in [-0.2, -0.15) is 0 Å². The van der Waals surface area contributed by atoms with E-state index < -0.39 is 10.0 Å². The van der Waals surface area contributed by atoms with E-state index in [1.54, 1.807) is 32.0 Å². The van der Waals surface area contributed by atoms with Gasteiger partial charge in [-0.25, -0.2) is 13.1 Å². The zero-order valence-electron chi connectivity index (χ0n) is 13.4. The van der Waals surface area contributed by atoms with Crippen LogP contribution in [0.25, 0.3) is 11.5 Å². The molecule has 0 saturated carbocycles. The second kappa shape index (κ2) is 6.54. The van der Waals surface area contributed by atoms with E-state index in [1.165, 1.54) is 0 Å². The van der Waals surface area contributed by atoms with Crippen molar-refractivity contribution in [3.63, 3.8) is 0 Å². The van der Waals surface area contributed by atoms with E-state index in [0.29, 0.717) is 22.9 Å². The molecule has 1 heterocycles.